The van der Waals surface area contributed by atoms with Gasteiger partial charge in [-0.3, -0.25) is 0 Å². The molecule has 0 aromatic heterocycles. The highest BCUT2D eigenvalue weighted by atomic mass is 15.1. The molecule has 0 unspecified atom stereocenters. The van der Waals surface area contributed by atoms with E-state index >= 15 is 0 Å². The summed E-state index contributed by atoms with van der Waals surface area (Å²) in [4.78, 5) is 2.36. The molecule has 1 N–H and O–H groups in total. The first-order valence-electron chi connectivity index (χ1n) is 18.3. The van der Waals surface area contributed by atoms with Crippen molar-refractivity contribution in [3.63, 3.8) is 0 Å². The molecule has 8 aromatic carbocycles. The van der Waals surface area contributed by atoms with Crippen LogP contribution in [0, 0.1) is 0 Å². The molecule has 2 heteroatoms. The van der Waals surface area contributed by atoms with Crippen molar-refractivity contribution in [1.82, 2.24) is 0 Å². The first-order valence-corrected chi connectivity index (χ1v) is 18.3. The summed E-state index contributed by atoms with van der Waals surface area (Å²) in [6.07, 6.45) is 0. The quantitative estimate of drug-likeness (QED) is 0.172. The van der Waals surface area contributed by atoms with Gasteiger partial charge in [0.05, 0.1) is 0 Å². The summed E-state index contributed by atoms with van der Waals surface area (Å²) in [5.74, 6) is 0. The molecule has 0 bridgehead atoms. The number of fused-ring (bicyclic) bond motifs is 3. The first kappa shape index (κ1) is 32.3. The van der Waals surface area contributed by atoms with Crippen LogP contribution in [-0.4, -0.2) is 0 Å². The van der Waals surface area contributed by atoms with E-state index in [2.05, 4.69) is 224 Å². The normalized spacial score (nSPS) is 12.5. The Morgan fingerprint density at radius 3 is 1.42 bits per heavy atom. The van der Waals surface area contributed by atoms with Crippen molar-refractivity contribution in [3.05, 3.63) is 211 Å². The first-order chi connectivity index (χ1) is 26.0. The van der Waals surface area contributed by atoms with Crippen molar-refractivity contribution in [1.29, 1.82) is 0 Å². The molecule has 1 aliphatic carbocycles. The molecule has 0 fully saturated rings. The molecule has 53 heavy (non-hydrogen) atoms. The molecule has 0 atom stereocenters. The van der Waals surface area contributed by atoms with Crippen LogP contribution >= 0.6 is 0 Å². The van der Waals surface area contributed by atoms with E-state index in [0.717, 1.165) is 28.4 Å². The van der Waals surface area contributed by atoms with E-state index in [4.69, 9.17) is 0 Å². The molecule has 0 aliphatic heterocycles. The zero-order valence-corrected chi connectivity index (χ0v) is 30.0. The molecule has 0 heterocycles. The minimum absolute atomic E-state index is 0.175. The number of hydrogen-bond donors (Lipinski definition) is 1. The van der Waals surface area contributed by atoms with Crippen molar-refractivity contribution < 1.29 is 0 Å². The fourth-order valence-corrected chi connectivity index (χ4v) is 7.82. The van der Waals surface area contributed by atoms with Crippen LogP contribution in [0.25, 0.3) is 44.5 Å². The van der Waals surface area contributed by atoms with E-state index in [9.17, 15) is 0 Å². The lowest BCUT2D eigenvalue weighted by atomic mass is 9.82. The second-order valence-corrected chi connectivity index (χ2v) is 14.3. The van der Waals surface area contributed by atoms with Gasteiger partial charge in [-0.25, -0.2) is 0 Å². The number of anilines is 5. The Labute approximate surface area is 312 Å². The van der Waals surface area contributed by atoms with Gasteiger partial charge in [0.1, 0.15) is 0 Å². The standard InChI is InChI=1S/C51H40N2/c1-51(2)49-34-43(52-42-25-21-39(22-26-42)41-18-12-17-40(33-41)37-15-8-4-9-16-37)27-31-47(49)48-32-30-46(35-50(48)51)53(44-19-10-5-11-20-44)45-28-23-38(24-29-45)36-13-6-3-7-14-36/h3-35,52H,1-2H3. The zero-order chi connectivity index (χ0) is 35.8. The van der Waals surface area contributed by atoms with Gasteiger partial charge in [-0.15, -0.1) is 0 Å². The fraction of sp³-hybridized carbons (Fsp3) is 0.0588. The third-order valence-electron chi connectivity index (χ3n) is 10.6. The average Bonchev–Trinajstić information content (AvgIpc) is 3.44. The number of para-hydroxylation sites is 1. The Morgan fingerprint density at radius 2 is 0.774 bits per heavy atom. The maximum atomic E-state index is 3.69. The van der Waals surface area contributed by atoms with Crippen LogP contribution in [-0.2, 0) is 5.41 Å². The predicted molar refractivity (Wildman–Crippen MR) is 225 cm³/mol. The second-order valence-electron chi connectivity index (χ2n) is 14.3. The van der Waals surface area contributed by atoms with E-state index < -0.39 is 0 Å². The highest BCUT2D eigenvalue weighted by Crippen LogP contribution is 2.51. The molecule has 0 saturated carbocycles. The minimum Gasteiger partial charge on any atom is -0.356 e. The topological polar surface area (TPSA) is 15.3 Å². The largest absolute Gasteiger partial charge is 0.356 e. The lowest BCUT2D eigenvalue weighted by Gasteiger charge is -2.28. The van der Waals surface area contributed by atoms with Gasteiger partial charge < -0.3 is 10.2 Å². The van der Waals surface area contributed by atoms with Gasteiger partial charge in [0.2, 0.25) is 0 Å². The SMILES string of the molecule is CC1(C)c2cc(Nc3ccc(-c4cccc(-c5ccccc5)c4)cc3)ccc2-c2ccc(N(c3ccccc3)c3ccc(-c4ccccc4)cc3)cc21. The molecule has 2 nitrogen and oxygen atoms in total. The lowest BCUT2D eigenvalue weighted by molar-refractivity contribution is 0.660. The van der Waals surface area contributed by atoms with E-state index in [1.165, 1.54) is 55.6 Å². The van der Waals surface area contributed by atoms with Crippen LogP contribution in [0.3, 0.4) is 0 Å². The molecular formula is C51H40N2. The highest BCUT2D eigenvalue weighted by Gasteiger charge is 2.36. The summed E-state index contributed by atoms with van der Waals surface area (Å²) >= 11 is 0. The van der Waals surface area contributed by atoms with Crippen LogP contribution in [0.2, 0.25) is 0 Å². The molecule has 0 amide bonds. The van der Waals surface area contributed by atoms with E-state index in [-0.39, 0.29) is 5.41 Å². The molecule has 8 aromatic rings. The number of nitrogens with one attached hydrogen (secondary N) is 1. The Morgan fingerprint density at radius 1 is 0.340 bits per heavy atom. The third kappa shape index (κ3) is 6.19. The monoisotopic (exact) mass is 680 g/mol. The Kier molecular flexibility index (Phi) is 8.21. The maximum Gasteiger partial charge on any atom is 0.0465 e. The number of rotatable bonds is 8. The maximum absolute atomic E-state index is 3.69. The second kappa shape index (κ2) is 13.5. The summed E-state index contributed by atoms with van der Waals surface area (Å²) in [5, 5.41) is 3.69. The summed E-state index contributed by atoms with van der Waals surface area (Å²) in [6, 6.07) is 72.0. The number of nitrogens with zero attached hydrogens (tertiary/aromatic N) is 1. The fourth-order valence-electron chi connectivity index (χ4n) is 7.82. The Hall–Kier alpha value is -6.64. The predicted octanol–water partition coefficient (Wildman–Crippen LogP) is 14.2. The number of benzene rings is 8. The van der Waals surface area contributed by atoms with Crippen LogP contribution < -0.4 is 10.2 Å². The highest BCUT2D eigenvalue weighted by molar-refractivity contribution is 5.87. The molecule has 0 radical (unpaired) electrons. The van der Waals surface area contributed by atoms with Gasteiger partial charge in [0.15, 0.2) is 0 Å². The summed E-state index contributed by atoms with van der Waals surface area (Å²) < 4.78 is 0. The van der Waals surface area contributed by atoms with Gasteiger partial charge in [0, 0.05) is 33.9 Å². The van der Waals surface area contributed by atoms with Crippen molar-refractivity contribution in [3.8, 4) is 44.5 Å². The van der Waals surface area contributed by atoms with Gasteiger partial charge in [-0.1, -0.05) is 147 Å². The minimum atomic E-state index is -0.175. The van der Waals surface area contributed by atoms with Crippen molar-refractivity contribution >= 4 is 28.4 Å². The Bertz CT molecular complexity index is 2520. The smallest absolute Gasteiger partial charge is 0.0465 e. The molecule has 254 valence electrons. The van der Waals surface area contributed by atoms with Gasteiger partial charge in [-0.05, 0) is 122 Å². The number of hydrogen-bond acceptors (Lipinski definition) is 2. The van der Waals surface area contributed by atoms with Gasteiger partial charge in [0.25, 0.3) is 0 Å². The van der Waals surface area contributed by atoms with Crippen LogP contribution in [0.5, 0.6) is 0 Å². The summed E-state index contributed by atoms with van der Waals surface area (Å²) in [7, 11) is 0. The van der Waals surface area contributed by atoms with E-state index in [0.29, 0.717) is 0 Å². The zero-order valence-electron chi connectivity index (χ0n) is 30.0. The average molecular weight is 681 g/mol. The molecule has 0 spiro atoms. The molecule has 1 aliphatic rings. The molecular weight excluding hydrogens is 641 g/mol. The third-order valence-corrected chi connectivity index (χ3v) is 10.6. The van der Waals surface area contributed by atoms with Crippen LogP contribution in [0.15, 0.2) is 200 Å². The van der Waals surface area contributed by atoms with Crippen molar-refractivity contribution in [2.45, 2.75) is 19.3 Å². The van der Waals surface area contributed by atoms with Crippen molar-refractivity contribution in [2.24, 2.45) is 0 Å². The van der Waals surface area contributed by atoms with Crippen molar-refractivity contribution in [2.75, 3.05) is 10.2 Å². The van der Waals surface area contributed by atoms with Crippen LogP contribution in [0.4, 0.5) is 28.4 Å². The van der Waals surface area contributed by atoms with Gasteiger partial charge in [-0.2, -0.15) is 0 Å². The van der Waals surface area contributed by atoms with E-state index in [1.54, 1.807) is 0 Å². The van der Waals surface area contributed by atoms with Crippen LogP contribution in [0.1, 0.15) is 25.0 Å². The summed E-state index contributed by atoms with van der Waals surface area (Å²) in [6.45, 7) is 4.70. The Balaban J connectivity index is 0.988. The molecule has 9 rings (SSSR count). The summed E-state index contributed by atoms with van der Waals surface area (Å²) in [5.41, 5.74) is 18.0. The van der Waals surface area contributed by atoms with Gasteiger partial charge >= 0.3 is 0 Å². The lowest BCUT2D eigenvalue weighted by Crippen LogP contribution is -2.16. The molecule has 0 saturated heterocycles. The van der Waals surface area contributed by atoms with E-state index in [1.807, 2.05) is 0 Å².